The van der Waals surface area contributed by atoms with Crippen LogP contribution in [0.1, 0.15) is 0 Å². The van der Waals surface area contributed by atoms with Crippen molar-refractivity contribution >= 4 is 139 Å². The van der Waals surface area contributed by atoms with E-state index in [1.165, 1.54) is 98.1 Å². The maximum Gasteiger partial charge on any atom is 0.252 e. The van der Waals surface area contributed by atoms with E-state index in [0.29, 0.717) is 0 Å². The van der Waals surface area contributed by atoms with E-state index in [1.807, 2.05) is 0 Å². The number of rotatable bonds is 9. The fourth-order valence-electron chi connectivity index (χ4n) is 17.7. The molecule has 0 bridgehead atoms. The highest BCUT2D eigenvalue weighted by Gasteiger charge is 2.45. The Labute approximate surface area is 589 Å². The van der Waals surface area contributed by atoms with Crippen LogP contribution in [-0.4, -0.2) is 20.2 Å². The number of aromatic nitrogens is 3. The molecular formula is C96H60BN5. The van der Waals surface area contributed by atoms with Crippen LogP contribution in [0.15, 0.2) is 364 Å². The highest BCUT2D eigenvalue weighted by Crippen LogP contribution is 2.51. The molecule has 2 aliphatic heterocycles. The zero-order valence-corrected chi connectivity index (χ0v) is 55.5. The van der Waals surface area contributed by atoms with Gasteiger partial charge in [-0.3, -0.25) is 0 Å². The lowest BCUT2D eigenvalue weighted by Crippen LogP contribution is -2.61. The second-order valence-corrected chi connectivity index (χ2v) is 27.5. The Balaban J connectivity index is 0.892. The van der Waals surface area contributed by atoms with Gasteiger partial charge < -0.3 is 23.3 Å². The summed E-state index contributed by atoms with van der Waals surface area (Å²) < 4.78 is 7.47. The van der Waals surface area contributed by atoms with Crippen molar-refractivity contribution in [3.8, 4) is 67.0 Å². The lowest BCUT2D eigenvalue weighted by molar-refractivity contribution is 1.17. The van der Waals surface area contributed by atoms with Crippen molar-refractivity contribution in [2.24, 2.45) is 0 Å². The van der Waals surface area contributed by atoms with Gasteiger partial charge in [-0.15, -0.1) is 0 Å². The third-order valence-electron chi connectivity index (χ3n) is 22.1. The molecule has 5 nitrogen and oxygen atoms in total. The first-order valence-electron chi connectivity index (χ1n) is 35.3. The van der Waals surface area contributed by atoms with Crippen molar-refractivity contribution < 1.29 is 0 Å². The van der Waals surface area contributed by atoms with Gasteiger partial charge in [-0.1, -0.05) is 249 Å². The van der Waals surface area contributed by atoms with Crippen molar-refractivity contribution in [2.75, 3.05) is 9.80 Å². The molecule has 0 N–H and O–H groups in total. The monoisotopic (exact) mass is 1290 g/mol. The summed E-state index contributed by atoms with van der Waals surface area (Å²) in [4.78, 5) is 5.28. The first-order valence-corrected chi connectivity index (χ1v) is 35.3. The predicted molar refractivity (Wildman–Crippen MR) is 431 cm³/mol. The van der Waals surface area contributed by atoms with Crippen LogP contribution >= 0.6 is 0 Å². The van der Waals surface area contributed by atoms with Crippen LogP contribution in [0.25, 0.3) is 149 Å². The molecule has 0 spiro atoms. The molecule has 0 amide bonds. The Kier molecular flexibility index (Phi) is 12.2. The molecule has 102 heavy (non-hydrogen) atoms. The van der Waals surface area contributed by atoms with Crippen LogP contribution in [0.2, 0.25) is 0 Å². The molecule has 0 atom stereocenters. The Bertz CT molecular complexity index is 6290. The molecule has 4 aromatic heterocycles. The van der Waals surface area contributed by atoms with E-state index in [2.05, 4.69) is 387 Å². The molecule has 6 heteroatoms. The highest BCUT2D eigenvalue weighted by molar-refractivity contribution is 7.00. The molecule has 0 saturated heterocycles. The summed E-state index contributed by atoms with van der Waals surface area (Å²) >= 11 is 0. The predicted octanol–water partition coefficient (Wildman–Crippen LogP) is 23.4. The van der Waals surface area contributed by atoms with E-state index in [4.69, 9.17) is 0 Å². The molecule has 472 valence electrons. The molecule has 0 radical (unpaired) electrons. The van der Waals surface area contributed by atoms with E-state index in [-0.39, 0.29) is 6.71 Å². The number of hydrogen-bond acceptors (Lipinski definition) is 2. The zero-order chi connectivity index (χ0) is 66.7. The van der Waals surface area contributed by atoms with Crippen LogP contribution in [0, 0.1) is 0 Å². The standard InChI is InChI=1S/C96H60BN5/c1-5-24-61(25-6-1)66-50-67(62-26-7-2-8-27-62)53-73(52-66)100-91-59-71(98-85-39-18-13-32-75(85)76-33-14-19-40-86(76)98)45-47-83(91)97-84-48-46-72(99-87-41-20-15-34-77(87)78-35-16-21-42-88(78)99)60-92(84)101(74-54-68(63-28-9-3-10-29-63)51-69(55-74)64-30-11-4-12-31-64)94-58-70(57-93(100)95(94)97)65-44-49-90-82(56-65)81-38-23-37-80-79-36-17-22-43-89(79)102(90)96(80)81/h1-60H. The van der Waals surface area contributed by atoms with Crippen molar-refractivity contribution in [3.63, 3.8) is 0 Å². The van der Waals surface area contributed by atoms with Gasteiger partial charge in [-0.25, -0.2) is 0 Å². The van der Waals surface area contributed by atoms with E-state index >= 15 is 0 Å². The van der Waals surface area contributed by atoms with Crippen LogP contribution in [0.3, 0.4) is 0 Å². The van der Waals surface area contributed by atoms with E-state index in [0.717, 1.165) is 101 Å². The van der Waals surface area contributed by atoms with Crippen LogP contribution < -0.4 is 26.2 Å². The number of fused-ring (bicyclic) bond motifs is 16. The van der Waals surface area contributed by atoms with Gasteiger partial charge in [0.2, 0.25) is 0 Å². The maximum absolute atomic E-state index is 2.64. The van der Waals surface area contributed by atoms with Crippen molar-refractivity contribution in [1.29, 1.82) is 0 Å². The zero-order valence-electron chi connectivity index (χ0n) is 55.5. The fraction of sp³-hybridized carbons (Fsp3) is 0. The summed E-state index contributed by atoms with van der Waals surface area (Å²) in [5.41, 5.74) is 32.2. The second-order valence-electron chi connectivity index (χ2n) is 27.5. The molecule has 0 aliphatic carbocycles. The Morgan fingerprint density at radius 2 is 0.520 bits per heavy atom. The third kappa shape index (κ3) is 8.41. The van der Waals surface area contributed by atoms with Crippen molar-refractivity contribution in [1.82, 2.24) is 13.5 Å². The lowest BCUT2D eigenvalue weighted by atomic mass is 9.33. The Hall–Kier alpha value is -13.4. The number of nitrogens with zero attached hydrogens (tertiary/aromatic N) is 5. The highest BCUT2D eigenvalue weighted by atomic mass is 15.2. The number of benzene rings is 16. The number of para-hydroxylation sites is 6. The summed E-state index contributed by atoms with van der Waals surface area (Å²) in [6.45, 7) is -0.227. The largest absolute Gasteiger partial charge is 0.311 e. The minimum absolute atomic E-state index is 0.227. The second kappa shape index (κ2) is 22.0. The maximum atomic E-state index is 2.64. The first kappa shape index (κ1) is 56.6. The van der Waals surface area contributed by atoms with Crippen molar-refractivity contribution in [2.45, 2.75) is 0 Å². The normalized spacial score (nSPS) is 12.6. The van der Waals surface area contributed by atoms with Crippen LogP contribution in [-0.2, 0) is 0 Å². The molecule has 16 aromatic carbocycles. The average molecular weight is 1290 g/mol. The lowest BCUT2D eigenvalue weighted by Gasteiger charge is -2.45. The average Bonchev–Trinajstić information content (AvgIpc) is 0.943. The van der Waals surface area contributed by atoms with Gasteiger partial charge in [0, 0.05) is 88.6 Å². The SMILES string of the molecule is c1ccc(-c2cc(-c3ccccc3)cc(N3c4cc(-n5c6ccccc6c6ccccc65)ccc4B4c5ccc(-n6c7ccccc7c7ccccc76)cc5N(c5cc(-c6ccccc6)cc(-c6ccccc6)c5)c5cc(-c6ccc7c(c6)c6cccc8c9ccccc9n7c86)cc3c54)c2)cc1. The van der Waals surface area contributed by atoms with Gasteiger partial charge in [0.15, 0.2) is 0 Å². The summed E-state index contributed by atoms with van der Waals surface area (Å²) in [5, 5.41) is 9.92. The van der Waals surface area contributed by atoms with Gasteiger partial charge >= 0.3 is 0 Å². The van der Waals surface area contributed by atoms with Gasteiger partial charge in [0.25, 0.3) is 6.71 Å². The summed E-state index contributed by atoms with van der Waals surface area (Å²) in [6.07, 6.45) is 0. The number of anilines is 6. The molecule has 22 rings (SSSR count). The van der Waals surface area contributed by atoms with Gasteiger partial charge in [-0.05, 0) is 187 Å². The molecule has 20 aromatic rings. The summed E-state index contributed by atoms with van der Waals surface area (Å²) in [5.74, 6) is 0. The number of hydrogen-bond donors (Lipinski definition) is 0. The fourth-order valence-corrected chi connectivity index (χ4v) is 17.7. The smallest absolute Gasteiger partial charge is 0.252 e. The van der Waals surface area contributed by atoms with Crippen LogP contribution in [0.5, 0.6) is 0 Å². The topological polar surface area (TPSA) is 20.8 Å². The quantitative estimate of drug-likeness (QED) is 0.134. The van der Waals surface area contributed by atoms with Crippen LogP contribution in [0.4, 0.5) is 34.1 Å². The molecule has 0 fully saturated rings. The van der Waals surface area contributed by atoms with Gasteiger partial charge in [0.1, 0.15) is 0 Å². The van der Waals surface area contributed by atoms with Crippen molar-refractivity contribution in [3.05, 3.63) is 364 Å². The molecule has 6 heterocycles. The summed E-state index contributed by atoms with van der Waals surface area (Å²) in [7, 11) is 0. The minimum Gasteiger partial charge on any atom is -0.311 e. The van der Waals surface area contributed by atoms with E-state index in [9.17, 15) is 0 Å². The Morgan fingerprint density at radius 1 is 0.186 bits per heavy atom. The van der Waals surface area contributed by atoms with E-state index in [1.54, 1.807) is 0 Å². The molecule has 2 aliphatic rings. The third-order valence-corrected chi connectivity index (χ3v) is 22.1. The summed E-state index contributed by atoms with van der Waals surface area (Å²) in [6, 6.07) is 137. The first-order chi connectivity index (χ1) is 50.6. The molecular weight excluding hydrogens is 1230 g/mol. The minimum atomic E-state index is -0.227. The molecule has 0 saturated carbocycles. The Morgan fingerprint density at radius 3 is 0.931 bits per heavy atom. The van der Waals surface area contributed by atoms with E-state index < -0.39 is 0 Å². The van der Waals surface area contributed by atoms with Gasteiger partial charge in [0.05, 0.1) is 38.6 Å². The van der Waals surface area contributed by atoms with Gasteiger partial charge in [-0.2, -0.15) is 0 Å². The molecule has 0 unspecified atom stereocenters.